The molecule has 10 nitrogen and oxygen atoms in total. The van der Waals surface area contributed by atoms with Gasteiger partial charge < -0.3 is 19.4 Å². The maximum absolute atomic E-state index is 13.3. The summed E-state index contributed by atoms with van der Waals surface area (Å²) in [6, 6.07) is 20.8. The number of aromatic nitrogens is 2. The van der Waals surface area contributed by atoms with Gasteiger partial charge in [0.25, 0.3) is 15.9 Å². The second-order valence-electron chi connectivity index (χ2n) is 11.6. The molecule has 2 aromatic heterocycles. The SMILES string of the molecule is CN(c1ccc(Oc2ccc3cc(C(=O)N4CCN(Cc5ccc(OCC(F)(F)F)cc5)CC4)[nH]c3c2)nc1)S(=O)(=O)c1ccc(Cl)c(Cl)c1. The zero-order valence-electron chi connectivity index (χ0n) is 26.5. The summed E-state index contributed by atoms with van der Waals surface area (Å²) in [4.78, 5) is 24.7. The summed E-state index contributed by atoms with van der Waals surface area (Å²) in [7, 11) is -2.52. The Labute approximate surface area is 296 Å². The molecule has 0 atom stereocenters. The van der Waals surface area contributed by atoms with Crippen LogP contribution in [0.1, 0.15) is 16.1 Å². The van der Waals surface area contributed by atoms with Gasteiger partial charge in [0.15, 0.2) is 6.61 Å². The van der Waals surface area contributed by atoms with Crippen molar-refractivity contribution in [2.75, 3.05) is 44.1 Å². The minimum atomic E-state index is -4.39. The Bertz CT molecular complexity index is 2110. The van der Waals surface area contributed by atoms with E-state index in [1.165, 1.54) is 43.6 Å². The predicted octanol–water partition coefficient (Wildman–Crippen LogP) is 7.39. The van der Waals surface area contributed by atoms with E-state index in [0.717, 1.165) is 15.3 Å². The molecule has 1 N–H and O–H groups in total. The first-order chi connectivity index (χ1) is 23.7. The number of piperazine rings is 1. The van der Waals surface area contributed by atoms with E-state index in [9.17, 15) is 26.4 Å². The zero-order chi connectivity index (χ0) is 35.6. The van der Waals surface area contributed by atoms with Gasteiger partial charge >= 0.3 is 6.18 Å². The molecule has 262 valence electrons. The molecule has 1 saturated heterocycles. The molecule has 0 bridgehead atoms. The van der Waals surface area contributed by atoms with E-state index >= 15 is 0 Å². The van der Waals surface area contributed by atoms with Crippen molar-refractivity contribution in [1.29, 1.82) is 0 Å². The average molecular weight is 749 g/mol. The number of ether oxygens (including phenoxy) is 2. The van der Waals surface area contributed by atoms with E-state index in [1.54, 1.807) is 47.4 Å². The van der Waals surface area contributed by atoms with Gasteiger partial charge in [-0.25, -0.2) is 13.4 Å². The molecule has 50 heavy (non-hydrogen) atoms. The Hall–Kier alpha value is -4.50. The fraction of sp³-hybridized carbons (Fsp3) is 0.235. The predicted molar refractivity (Wildman–Crippen MR) is 184 cm³/mol. The molecule has 0 radical (unpaired) electrons. The molecule has 0 unspecified atom stereocenters. The molecule has 1 amide bonds. The van der Waals surface area contributed by atoms with Crippen LogP contribution in [-0.4, -0.2) is 80.1 Å². The number of hydrogen-bond acceptors (Lipinski definition) is 7. The first-order valence-electron chi connectivity index (χ1n) is 15.3. The number of hydrogen-bond donors (Lipinski definition) is 1. The number of fused-ring (bicyclic) bond motifs is 1. The number of rotatable bonds is 10. The summed E-state index contributed by atoms with van der Waals surface area (Å²) in [5.41, 5.74) is 2.37. The number of nitrogens with zero attached hydrogens (tertiary/aromatic N) is 4. The summed E-state index contributed by atoms with van der Waals surface area (Å²) < 4.78 is 75.1. The van der Waals surface area contributed by atoms with Crippen LogP contribution in [0, 0.1) is 0 Å². The van der Waals surface area contributed by atoms with Crippen molar-refractivity contribution in [2.24, 2.45) is 0 Å². The number of alkyl halides is 3. The van der Waals surface area contributed by atoms with E-state index in [2.05, 4.69) is 14.9 Å². The van der Waals surface area contributed by atoms with Crippen molar-refractivity contribution in [3.63, 3.8) is 0 Å². The van der Waals surface area contributed by atoms with Gasteiger partial charge in [-0.15, -0.1) is 0 Å². The maximum Gasteiger partial charge on any atom is 0.422 e. The maximum atomic E-state index is 13.3. The first-order valence-corrected chi connectivity index (χ1v) is 17.5. The number of amides is 1. The summed E-state index contributed by atoms with van der Waals surface area (Å²) in [5, 5.41) is 1.19. The van der Waals surface area contributed by atoms with Crippen LogP contribution in [0.25, 0.3) is 10.9 Å². The lowest BCUT2D eigenvalue weighted by Gasteiger charge is -2.34. The number of H-pyrrole nitrogens is 1. The van der Waals surface area contributed by atoms with Crippen LogP contribution in [0.5, 0.6) is 17.4 Å². The second kappa shape index (κ2) is 14.4. The zero-order valence-corrected chi connectivity index (χ0v) is 28.8. The number of benzene rings is 3. The Morgan fingerprint density at radius 1 is 0.920 bits per heavy atom. The van der Waals surface area contributed by atoms with E-state index in [4.69, 9.17) is 32.7 Å². The highest BCUT2D eigenvalue weighted by molar-refractivity contribution is 7.92. The fourth-order valence-corrected chi connectivity index (χ4v) is 6.92. The van der Waals surface area contributed by atoms with Gasteiger partial charge in [-0.3, -0.25) is 14.0 Å². The van der Waals surface area contributed by atoms with E-state index < -0.39 is 22.8 Å². The van der Waals surface area contributed by atoms with Gasteiger partial charge in [-0.1, -0.05) is 35.3 Å². The lowest BCUT2D eigenvalue weighted by molar-refractivity contribution is -0.153. The van der Waals surface area contributed by atoms with Gasteiger partial charge in [0, 0.05) is 62.8 Å². The van der Waals surface area contributed by atoms with Crippen LogP contribution in [0.3, 0.4) is 0 Å². The van der Waals surface area contributed by atoms with Gasteiger partial charge in [0.2, 0.25) is 5.88 Å². The lowest BCUT2D eigenvalue weighted by Crippen LogP contribution is -2.48. The van der Waals surface area contributed by atoms with E-state index in [-0.39, 0.29) is 32.5 Å². The summed E-state index contributed by atoms with van der Waals surface area (Å²) in [5.74, 6) is 0.723. The smallest absolute Gasteiger partial charge is 0.422 e. The molecule has 1 aliphatic heterocycles. The van der Waals surface area contributed by atoms with Crippen LogP contribution >= 0.6 is 23.2 Å². The van der Waals surface area contributed by atoms with Gasteiger partial charge in [0.1, 0.15) is 17.2 Å². The van der Waals surface area contributed by atoms with Crippen LogP contribution < -0.4 is 13.8 Å². The summed E-state index contributed by atoms with van der Waals surface area (Å²) in [6.45, 7) is 1.57. The fourth-order valence-electron chi connectivity index (χ4n) is 5.35. The number of aromatic amines is 1. The highest BCUT2D eigenvalue weighted by Crippen LogP contribution is 2.30. The van der Waals surface area contributed by atoms with Crippen molar-refractivity contribution >= 4 is 55.7 Å². The van der Waals surface area contributed by atoms with Crippen LogP contribution in [0.15, 0.2) is 90.0 Å². The van der Waals surface area contributed by atoms with E-state index in [0.29, 0.717) is 55.4 Å². The topological polar surface area (TPSA) is 108 Å². The Balaban J connectivity index is 1.03. The standard InChI is InChI=1S/C34H30Cl2F3N5O5S/c1-42(50(46,47)27-9-10-28(35)29(36)18-27)24-5-11-32(40-19-24)49-26-8-4-23-16-31(41-30(23)17-26)33(45)44-14-12-43(13-15-44)20-22-2-6-25(7-3-22)48-21-34(37,38)39/h2-11,16-19,41H,12-15,20-21H2,1H3. The Morgan fingerprint density at radius 3 is 2.30 bits per heavy atom. The van der Waals surface area contributed by atoms with Crippen LogP contribution in [-0.2, 0) is 16.6 Å². The molecule has 3 heterocycles. The van der Waals surface area contributed by atoms with Crippen LogP contribution in [0.2, 0.25) is 10.0 Å². The third kappa shape index (κ3) is 8.27. The minimum absolute atomic E-state index is 0.0165. The van der Waals surface area contributed by atoms with Gasteiger partial charge in [-0.05, 0) is 60.2 Å². The van der Waals surface area contributed by atoms with Gasteiger partial charge in [-0.2, -0.15) is 13.2 Å². The van der Waals surface area contributed by atoms with Gasteiger partial charge in [0.05, 0.1) is 26.8 Å². The number of anilines is 1. The third-order valence-corrected chi connectivity index (χ3v) is 10.6. The molecular weight excluding hydrogens is 718 g/mol. The normalized spacial score (nSPS) is 14.2. The number of sulfonamides is 1. The molecule has 1 fully saturated rings. The molecule has 0 spiro atoms. The number of nitrogens with one attached hydrogen (secondary N) is 1. The van der Waals surface area contributed by atoms with Crippen molar-refractivity contribution in [3.05, 3.63) is 106 Å². The first kappa shape index (κ1) is 35.3. The molecule has 16 heteroatoms. The number of carbonyl (C=O) groups excluding carboxylic acids is 1. The highest BCUT2D eigenvalue weighted by Gasteiger charge is 2.28. The number of pyridine rings is 1. The van der Waals surface area contributed by atoms with Crippen molar-refractivity contribution in [3.8, 4) is 17.4 Å². The van der Waals surface area contributed by atoms with Crippen molar-refractivity contribution in [1.82, 2.24) is 19.8 Å². The summed E-state index contributed by atoms with van der Waals surface area (Å²) in [6.07, 6.45) is -3.01. The Kier molecular flexibility index (Phi) is 10.2. The third-order valence-electron chi connectivity index (χ3n) is 8.07. The molecule has 5 aromatic rings. The monoisotopic (exact) mass is 747 g/mol. The average Bonchev–Trinajstić information content (AvgIpc) is 3.52. The molecule has 6 rings (SSSR count). The van der Waals surface area contributed by atoms with Crippen molar-refractivity contribution in [2.45, 2.75) is 17.6 Å². The molecular formula is C34H30Cl2F3N5O5S. The van der Waals surface area contributed by atoms with Crippen LogP contribution in [0.4, 0.5) is 18.9 Å². The molecule has 3 aromatic carbocycles. The Morgan fingerprint density at radius 2 is 1.64 bits per heavy atom. The number of halogens is 5. The lowest BCUT2D eigenvalue weighted by atomic mass is 10.2. The summed E-state index contributed by atoms with van der Waals surface area (Å²) >= 11 is 11.9. The molecule has 0 saturated carbocycles. The highest BCUT2D eigenvalue weighted by atomic mass is 35.5. The minimum Gasteiger partial charge on any atom is -0.484 e. The quantitative estimate of drug-likeness (QED) is 0.159. The number of carbonyl (C=O) groups is 1. The largest absolute Gasteiger partial charge is 0.484 e. The van der Waals surface area contributed by atoms with Crippen molar-refractivity contribution < 1.29 is 35.9 Å². The molecule has 0 aliphatic carbocycles. The molecule has 1 aliphatic rings. The van der Waals surface area contributed by atoms with E-state index in [1.807, 2.05) is 6.07 Å². The second-order valence-corrected chi connectivity index (χ2v) is 14.3.